The lowest BCUT2D eigenvalue weighted by molar-refractivity contribution is 0.0890. The van der Waals surface area contributed by atoms with Crippen LogP contribution in [-0.2, 0) is 13.0 Å². The monoisotopic (exact) mass is 336 g/mol. The first-order valence-corrected chi connectivity index (χ1v) is 8.46. The molecule has 1 N–H and O–H groups in total. The van der Waals surface area contributed by atoms with Gasteiger partial charge in [-0.1, -0.05) is 35.0 Å². The zero-order valence-electron chi connectivity index (χ0n) is 14.3. The summed E-state index contributed by atoms with van der Waals surface area (Å²) >= 11 is 0. The molecule has 3 heterocycles. The van der Waals surface area contributed by atoms with Crippen molar-refractivity contribution in [3.8, 4) is 11.3 Å². The number of carbonyl (C=O) groups excluding carboxylic acids is 1. The summed E-state index contributed by atoms with van der Waals surface area (Å²) in [5.41, 5.74) is 3.79. The van der Waals surface area contributed by atoms with E-state index in [-0.39, 0.29) is 17.7 Å². The minimum Gasteiger partial charge on any atom is -0.350 e. The van der Waals surface area contributed by atoms with Gasteiger partial charge in [0.1, 0.15) is 11.5 Å². The van der Waals surface area contributed by atoms with Gasteiger partial charge in [-0.3, -0.25) is 4.79 Å². The lowest BCUT2D eigenvalue weighted by atomic mass is 10.1. The molecule has 0 fully saturated rings. The molecule has 1 aromatic carbocycles. The van der Waals surface area contributed by atoms with Crippen LogP contribution in [0.5, 0.6) is 0 Å². The van der Waals surface area contributed by atoms with Gasteiger partial charge in [0.2, 0.25) is 5.76 Å². The SMILES string of the molecule is Cc1ccc(-c2cc(C(=O)N[C@@H]3CCc4nc(C)cn4C3)on2)cc1. The van der Waals surface area contributed by atoms with Crippen molar-refractivity contribution in [2.24, 2.45) is 0 Å². The fourth-order valence-corrected chi connectivity index (χ4v) is 3.20. The Morgan fingerprint density at radius 2 is 2.08 bits per heavy atom. The largest absolute Gasteiger partial charge is 0.350 e. The Kier molecular flexibility index (Phi) is 3.87. The molecule has 6 heteroatoms. The predicted octanol–water partition coefficient (Wildman–Crippen LogP) is 2.90. The van der Waals surface area contributed by atoms with Crippen molar-refractivity contribution in [1.82, 2.24) is 20.0 Å². The van der Waals surface area contributed by atoms with E-state index in [0.29, 0.717) is 5.69 Å². The number of benzene rings is 1. The summed E-state index contributed by atoms with van der Waals surface area (Å²) in [5, 5.41) is 7.06. The van der Waals surface area contributed by atoms with Crippen molar-refractivity contribution in [2.75, 3.05) is 0 Å². The van der Waals surface area contributed by atoms with Gasteiger partial charge in [-0.2, -0.15) is 0 Å². The summed E-state index contributed by atoms with van der Waals surface area (Å²) in [7, 11) is 0. The number of aromatic nitrogens is 3. The molecule has 0 saturated carbocycles. The number of aryl methyl sites for hydroxylation is 3. The highest BCUT2D eigenvalue weighted by Gasteiger charge is 2.23. The molecule has 0 unspecified atom stereocenters. The van der Waals surface area contributed by atoms with Crippen LogP contribution < -0.4 is 5.32 Å². The first-order chi connectivity index (χ1) is 12.1. The summed E-state index contributed by atoms with van der Waals surface area (Å²) in [6.45, 7) is 4.75. The molecule has 25 heavy (non-hydrogen) atoms. The highest BCUT2D eigenvalue weighted by Crippen LogP contribution is 2.20. The Bertz CT molecular complexity index is 908. The molecule has 6 nitrogen and oxygen atoms in total. The van der Waals surface area contributed by atoms with Crippen LogP contribution >= 0.6 is 0 Å². The maximum absolute atomic E-state index is 12.5. The van der Waals surface area contributed by atoms with Gasteiger partial charge in [0.05, 0.1) is 5.69 Å². The van der Waals surface area contributed by atoms with Crippen LogP contribution in [0.15, 0.2) is 41.1 Å². The number of nitrogens with one attached hydrogen (secondary N) is 1. The molecule has 1 atom stereocenters. The van der Waals surface area contributed by atoms with Crippen molar-refractivity contribution in [2.45, 2.75) is 39.3 Å². The highest BCUT2D eigenvalue weighted by molar-refractivity contribution is 5.92. The van der Waals surface area contributed by atoms with Crippen molar-refractivity contribution in [1.29, 1.82) is 0 Å². The molecule has 0 bridgehead atoms. The quantitative estimate of drug-likeness (QED) is 0.798. The highest BCUT2D eigenvalue weighted by atomic mass is 16.5. The average Bonchev–Trinajstić information content (AvgIpc) is 3.21. The third-order valence-electron chi connectivity index (χ3n) is 4.53. The van der Waals surface area contributed by atoms with Crippen LogP contribution in [-0.4, -0.2) is 26.7 Å². The minimum atomic E-state index is -0.226. The zero-order valence-corrected chi connectivity index (χ0v) is 14.3. The van der Waals surface area contributed by atoms with E-state index in [0.717, 1.165) is 36.5 Å². The zero-order chi connectivity index (χ0) is 17.4. The van der Waals surface area contributed by atoms with Gasteiger partial charge < -0.3 is 14.4 Å². The van der Waals surface area contributed by atoms with Crippen LogP contribution in [0.25, 0.3) is 11.3 Å². The van der Waals surface area contributed by atoms with E-state index in [9.17, 15) is 4.79 Å². The number of carbonyl (C=O) groups is 1. The van der Waals surface area contributed by atoms with Crippen LogP contribution in [0, 0.1) is 13.8 Å². The fourth-order valence-electron chi connectivity index (χ4n) is 3.20. The minimum absolute atomic E-state index is 0.0709. The summed E-state index contributed by atoms with van der Waals surface area (Å²) in [4.78, 5) is 16.9. The Hall–Kier alpha value is -2.89. The lowest BCUT2D eigenvalue weighted by Crippen LogP contribution is -2.40. The number of imidazole rings is 1. The van der Waals surface area contributed by atoms with Crippen LogP contribution in [0.2, 0.25) is 0 Å². The molecule has 128 valence electrons. The standard InChI is InChI=1S/C19H20N4O2/c1-12-3-5-14(6-4-12)16-9-17(25-22-16)19(24)21-15-7-8-18-20-13(2)10-23(18)11-15/h3-6,9-10,15H,7-8,11H2,1-2H3,(H,21,24)/t15-/m1/s1. The number of nitrogens with zero attached hydrogens (tertiary/aromatic N) is 3. The van der Waals surface area contributed by atoms with Crippen LogP contribution in [0.4, 0.5) is 0 Å². The Labute approximate surface area is 145 Å². The normalized spacial score (nSPS) is 16.5. The van der Waals surface area contributed by atoms with Gasteiger partial charge >= 0.3 is 0 Å². The van der Waals surface area contributed by atoms with Crippen molar-refractivity contribution >= 4 is 5.91 Å². The third kappa shape index (κ3) is 3.20. The summed E-state index contributed by atoms with van der Waals surface area (Å²) in [6, 6.07) is 9.72. The molecule has 1 aliphatic rings. The van der Waals surface area contributed by atoms with E-state index in [4.69, 9.17) is 4.52 Å². The molecule has 0 aliphatic carbocycles. The number of fused-ring (bicyclic) bond motifs is 1. The first-order valence-electron chi connectivity index (χ1n) is 8.46. The van der Waals surface area contributed by atoms with Crippen molar-refractivity contribution in [3.05, 3.63) is 59.4 Å². The Morgan fingerprint density at radius 1 is 1.28 bits per heavy atom. The topological polar surface area (TPSA) is 73.0 Å². The third-order valence-corrected chi connectivity index (χ3v) is 4.53. The summed E-state index contributed by atoms with van der Waals surface area (Å²) in [6.07, 6.45) is 3.77. The second-order valence-electron chi connectivity index (χ2n) is 6.60. The van der Waals surface area contributed by atoms with Gasteiger partial charge in [0, 0.05) is 36.8 Å². The molecule has 2 aromatic heterocycles. The average molecular weight is 336 g/mol. The Morgan fingerprint density at radius 3 is 2.88 bits per heavy atom. The van der Waals surface area contributed by atoms with Crippen molar-refractivity contribution in [3.63, 3.8) is 0 Å². The van der Waals surface area contributed by atoms with E-state index in [1.807, 2.05) is 44.3 Å². The van der Waals surface area contributed by atoms with Gasteiger partial charge in [-0.15, -0.1) is 0 Å². The molecule has 1 amide bonds. The molecule has 1 aliphatic heterocycles. The number of hydrogen-bond acceptors (Lipinski definition) is 4. The molecule has 0 saturated heterocycles. The molecular weight excluding hydrogens is 316 g/mol. The fraction of sp³-hybridized carbons (Fsp3) is 0.316. The molecule has 0 spiro atoms. The second-order valence-corrected chi connectivity index (χ2v) is 6.60. The maximum atomic E-state index is 12.5. The smallest absolute Gasteiger partial charge is 0.290 e. The molecular formula is C19H20N4O2. The van der Waals surface area contributed by atoms with Crippen LogP contribution in [0.3, 0.4) is 0 Å². The number of amides is 1. The van der Waals surface area contributed by atoms with E-state index >= 15 is 0 Å². The summed E-state index contributed by atoms with van der Waals surface area (Å²) in [5.74, 6) is 1.10. The van der Waals surface area contributed by atoms with E-state index in [1.54, 1.807) is 6.07 Å². The lowest BCUT2D eigenvalue weighted by Gasteiger charge is -2.24. The summed E-state index contributed by atoms with van der Waals surface area (Å²) < 4.78 is 7.36. The van der Waals surface area contributed by atoms with Gasteiger partial charge in [0.25, 0.3) is 5.91 Å². The maximum Gasteiger partial charge on any atom is 0.290 e. The predicted molar refractivity (Wildman–Crippen MR) is 93.2 cm³/mol. The van der Waals surface area contributed by atoms with E-state index in [1.165, 1.54) is 5.56 Å². The van der Waals surface area contributed by atoms with Gasteiger partial charge in [-0.05, 0) is 20.3 Å². The molecule has 4 rings (SSSR count). The van der Waals surface area contributed by atoms with Gasteiger partial charge in [-0.25, -0.2) is 4.98 Å². The van der Waals surface area contributed by atoms with Crippen molar-refractivity contribution < 1.29 is 9.32 Å². The molecule has 0 radical (unpaired) electrons. The first kappa shape index (κ1) is 15.6. The van der Waals surface area contributed by atoms with E-state index < -0.39 is 0 Å². The van der Waals surface area contributed by atoms with Crippen LogP contribution in [0.1, 0.15) is 34.1 Å². The van der Waals surface area contributed by atoms with E-state index in [2.05, 4.69) is 20.0 Å². The Balaban J connectivity index is 1.44. The number of hydrogen-bond donors (Lipinski definition) is 1. The van der Waals surface area contributed by atoms with Gasteiger partial charge in [0.15, 0.2) is 0 Å². The molecule has 3 aromatic rings. The second kappa shape index (κ2) is 6.20. The number of rotatable bonds is 3.